The zero-order chi connectivity index (χ0) is 14.1. The molecule has 0 spiro atoms. The van der Waals surface area contributed by atoms with E-state index in [0.29, 0.717) is 25.3 Å². The molecule has 0 heterocycles. The van der Waals surface area contributed by atoms with Crippen molar-refractivity contribution >= 4 is 5.91 Å². The van der Waals surface area contributed by atoms with Gasteiger partial charge in [0.15, 0.2) is 11.5 Å². The molecule has 0 aromatic heterocycles. The van der Waals surface area contributed by atoms with Gasteiger partial charge in [0, 0.05) is 26.1 Å². The molecule has 0 unspecified atom stereocenters. The van der Waals surface area contributed by atoms with E-state index in [-0.39, 0.29) is 11.7 Å². The van der Waals surface area contributed by atoms with E-state index in [4.69, 9.17) is 4.74 Å². The SMILES string of the molecule is CCCNC(=O)CCNCc1ccc(OC)c(O)c1. The molecule has 0 fully saturated rings. The van der Waals surface area contributed by atoms with Crippen molar-refractivity contribution in [3.05, 3.63) is 23.8 Å². The van der Waals surface area contributed by atoms with Gasteiger partial charge in [0.25, 0.3) is 0 Å². The molecule has 3 N–H and O–H groups in total. The number of ether oxygens (including phenoxy) is 1. The molecule has 0 saturated carbocycles. The van der Waals surface area contributed by atoms with Gasteiger partial charge in [-0.1, -0.05) is 13.0 Å². The monoisotopic (exact) mass is 266 g/mol. The Morgan fingerprint density at radius 3 is 2.79 bits per heavy atom. The summed E-state index contributed by atoms with van der Waals surface area (Å²) in [4.78, 5) is 11.3. The van der Waals surface area contributed by atoms with Crippen LogP contribution in [0.5, 0.6) is 11.5 Å². The molecule has 5 heteroatoms. The Labute approximate surface area is 114 Å². The number of carbonyl (C=O) groups excluding carboxylic acids is 1. The quantitative estimate of drug-likeness (QED) is 0.622. The van der Waals surface area contributed by atoms with E-state index in [2.05, 4.69) is 10.6 Å². The zero-order valence-electron chi connectivity index (χ0n) is 11.5. The Morgan fingerprint density at radius 1 is 1.37 bits per heavy atom. The molecule has 0 aliphatic rings. The molecule has 0 atom stereocenters. The van der Waals surface area contributed by atoms with Crippen LogP contribution >= 0.6 is 0 Å². The van der Waals surface area contributed by atoms with Gasteiger partial charge in [-0.15, -0.1) is 0 Å². The number of benzene rings is 1. The molecule has 1 amide bonds. The normalized spacial score (nSPS) is 10.2. The van der Waals surface area contributed by atoms with Gasteiger partial charge in [-0.3, -0.25) is 4.79 Å². The van der Waals surface area contributed by atoms with E-state index >= 15 is 0 Å². The van der Waals surface area contributed by atoms with E-state index in [0.717, 1.165) is 18.5 Å². The molecule has 1 aromatic carbocycles. The number of phenolic OH excluding ortho intramolecular Hbond substituents is 1. The first-order valence-electron chi connectivity index (χ1n) is 6.50. The number of hydrogen-bond acceptors (Lipinski definition) is 4. The number of carbonyl (C=O) groups is 1. The minimum atomic E-state index is 0.0620. The van der Waals surface area contributed by atoms with Gasteiger partial charge in [-0.05, 0) is 24.1 Å². The summed E-state index contributed by atoms with van der Waals surface area (Å²) in [6.45, 7) is 3.97. The largest absolute Gasteiger partial charge is 0.504 e. The van der Waals surface area contributed by atoms with Gasteiger partial charge < -0.3 is 20.5 Å². The molecule has 0 saturated heterocycles. The average molecular weight is 266 g/mol. The Kier molecular flexibility index (Phi) is 6.74. The van der Waals surface area contributed by atoms with Gasteiger partial charge in [0.05, 0.1) is 7.11 Å². The first-order chi connectivity index (χ1) is 9.17. The fourth-order valence-electron chi connectivity index (χ4n) is 1.63. The lowest BCUT2D eigenvalue weighted by atomic mass is 10.2. The first-order valence-corrected chi connectivity index (χ1v) is 6.50. The maximum atomic E-state index is 11.3. The second kappa shape index (κ2) is 8.37. The van der Waals surface area contributed by atoms with Gasteiger partial charge in [-0.25, -0.2) is 0 Å². The highest BCUT2D eigenvalue weighted by Gasteiger charge is 2.03. The van der Waals surface area contributed by atoms with E-state index < -0.39 is 0 Å². The van der Waals surface area contributed by atoms with Crippen molar-refractivity contribution in [3.63, 3.8) is 0 Å². The topological polar surface area (TPSA) is 70.6 Å². The third-order valence-corrected chi connectivity index (χ3v) is 2.67. The second-order valence-electron chi connectivity index (χ2n) is 4.28. The summed E-state index contributed by atoms with van der Waals surface area (Å²) in [5, 5.41) is 15.6. The standard InChI is InChI=1S/C14H22N2O3/c1-3-7-16-14(18)6-8-15-10-11-4-5-13(19-2)12(17)9-11/h4-5,9,15,17H,3,6-8,10H2,1-2H3,(H,16,18). The van der Waals surface area contributed by atoms with Gasteiger partial charge in [0.2, 0.25) is 5.91 Å². The lowest BCUT2D eigenvalue weighted by molar-refractivity contribution is -0.120. The predicted octanol–water partition coefficient (Wildman–Crippen LogP) is 1.41. The summed E-state index contributed by atoms with van der Waals surface area (Å²) < 4.78 is 4.97. The van der Waals surface area contributed by atoms with Gasteiger partial charge in [-0.2, -0.15) is 0 Å². The van der Waals surface area contributed by atoms with Gasteiger partial charge >= 0.3 is 0 Å². The number of rotatable bonds is 8. The van der Waals surface area contributed by atoms with Crippen molar-refractivity contribution in [1.82, 2.24) is 10.6 Å². The number of aromatic hydroxyl groups is 1. The summed E-state index contributed by atoms with van der Waals surface area (Å²) in [6.07, 6.45) is 1.41. The van der Waals surface area contributed by atoms with Crippen molar-refractivity contribution in [2.45, 2.75) is 26.3 Å². The fourth-order valence-corrected chi connectivity index (χ4v) is 1.63. The number of amides is 1. The lowest BCUT2D eigenvalue weighted by Crippen LogP contribution is -2.27. The molecular weight excluding hydrogens is 244 g/mol. The lowest BCUT2D eigenvalue weighted by Gasteiger charge is -2.08. The molecule has 1 aromatic rings. The highest BCUT2D eigenvalue weighted by molar-refractivity contribution is 5.75. The Hall–Kier alpha value is -1.75. The number of phenols is 1. The van der Waals surface area contributed by atoms with Crippen molar-refractivity contribution in [3.8, 4) is 11.5 Å². The summed E-state index contributed by atoms with van der Waals surface area (Å²) in [5.74, 6) is 0.650. The van der Waals surface area contributed by atoms with E-state index in [1.165, 1.54) is 7.11 Å². The van der Waals surface area contributed by atoms with Crippen LogP contribution in [0.1, 0.15) is 25.3 Å². The minimum absolute atomic E-state index is 0.0620. The van der Waals surface area contributed by atoms with Crippen LogP contribution in [0.2, 0.25) is 0 Å². The van der Waals surface area contributed by atoms with E-state index in [9.17, 15) is 9.90 Å². The Bertz CT molecular complexity index is 408. The van der Waals surface area contributed by atoms with Crippen LogP contribution in [-0.4, -0.2) is 31.2 Å². The number of nitrogens with one attached hydrogen (secondary N) is 2. The van der Waals surface area contributed by atoms with Crippen molar-refractivity contribution in [1.29, 1.82) is 0 Å². The van der Waals surface area contributed by atoms with Crippen LogP contribution in [0.3, 0.4) is 0 Å². The summed E-state index contributed by atoms with van der Waals surface area (Å²) >= 11 is 0. The summed E-state index contributed by atoms with van der Waals surface area (Å²) in [5.41, 5.74) is 0.951. The van der Waals surface area contributed by atoms with Crippen LogP contribution in [0.15, 0.2) is 18.2 Å². The van der Waals surface area contributed by atoms with E-state index in [1.807, 2.05) is 13.0 Å². The van der Waals surface area contributed by atoms with E-state index in [1.54, 1.807) is 12.1 Å². The highest BCUT2D eigenvalue weighted by Crippen LogP contribution is 2.25. The third-order valence-electron chi connectivity index (χ3n) is 2.67. The summed E-state index contributed by atoms with van der Waals surface area (Å²) in [7, 11) is 1.52. The van der Waals surface area contributed by atoms with Crippen LogP contribution in [0.25, 0.3) is 0 Å². The maximum Gasteiger partial charge on any atom is 0.221 e. The molecule has 19 heavy (non-hydrogen) atoms. The number of hydrogen-bond donors (Lipinski definition) is 3. The Morgan fingerprint density at radius 2 is 2.16 bits per heavy atom. The minimum Gasteiger partial charge on any atom is -0.504 e. The molecule has 0 bridgehead atoms. The molecule has 106 valence electrons. The van der Waals surface area contributed by atoms with Crippen LogP contribution in [0.4, 0.5) is 0 Å². The number of methoxy groups -OCH3 is 1. The third kappa shape index (κ3) is 5.61. The fraction of sp³-hybridized carbons (Fsp3) is 0.500. The first kappa shape index (κ1) is 15.3. The average Bonchev–Trinajstić information content (AvgIpc) is 2.41. The molecule has 0 aliphatic carbocycles. The van der Waals surface area contributed by atoms with Crippen LogP contribution < -0.4 is 15.4 Å². The van der Waals surface area contributed by atoms with Crippen molar-refractivity contribution in [2.24, 2.45) is 0 Å². The van der Waals surface area contributed by atoms with Gasteiger partial charge in [0.1, 0.15) is 0 Å². The van der Waals surface area contributed by atoms with Crippen LogP contribution in [-0.2, 0) is 11.3 Å². The predicted molar refractivity (Wildman–Crippen MR) is 74.3 cm³/mol. The maximum absolute atomic E-state index is 11.3. The smallest absolute Gasteiger partial charge is 0.221 e. The van der Waals surface area contributed by atoms with Crippen molar-refractivity contribution < 1.29 is 14.6 Å². The highest BCUT2D eigenvalue weighted by atomic mass is 16.5. The molecular formula is C14H22N2O3. The van der Waals surface area contributed by atoms with Crippen molar-refractivity contribution in [2.75, 3.05) is 20.2 Å². The molecule has 1 rings (SSSR count). The Balaban J connectivity index is 2.26. The molecule has 5 nitrogen and oxygen atoms in total. The molecule has 0 aliphatic heterocycles. The molecule has 0 radical (unpaired) electrons. The zero-order valence-corrected chi connectivity index (χ0v) is 11.5. The summed E-state index contributed by atoms with van der Waals surface area (Å²) in [6, 6.07) is 5.26. The second-order valence-corrected chi connectivity index (χ2v) is 4.28. The van der Waals surface area contributed by atoms with Crippen LogP contribution in [0, 0.1) is 0 Å².